The Labute approximate surface area is 137 Å². The maximum atomic E-state index is 12.9. The van der Waals surface area contributed by atoms with Crippen LogP contribution in [0.3, 0.4) is 0 Å². The second-order valence-electron chi connectivity index (χ2n) is 4.98. The van der Waals surface area contributed by atoms with Crippen molar-refractivity contribution in [2.75, 3.05) is 10.6 Å². The van der Waals surface area contributed by atoms with Gasteiger partial charge in [0.25, 0.3) is 0 Å². The summed E-state index contributed by atoms with van der Waals surface area (Å²) in [6.45, 7) is 0. The summed E-state index contributed by atoms with van der Waals surface area (Å²) in [4.78, 5) is 27.7. The molecule has 0 saturated carbocycles. The van der Waals surface area contributed by atoms with Gasteiger partial charge < -0.3 is 5.32 Å². The highest BCUT2D eigenvalue weighted by molar-refractivity contribution is 6.31. The summed E-state index contributed by atoms with van der Waals surface area (Å²) in [6.07, 6.45) is -3.70. The lowest BCUT2D eigenvalue weighted by Crippen LogP contribution is -2.36. The number of nitrogens with zero attached hydrogens (tertiary/aromatic N) is 3. The summed E-state index contributed by atoms with van der Waals surface area (Å²) in [5, 5.41) is 8.13. The van der Waals surface area contributed by atoms with Crippen molar-refractivity contribution in [1.29, 1.82) is 0 Å². The van der Waals surface area contributed by atoms with Crippen molar-refractivity contribution in [1.82, 2.24) is 14.8 Å². The molecular formula is C13H9ClF3N5O2. The third kappa shape index (κ3) is 3.04. The summed E-state index contributed by atoms with van der Waals surface area (Å²) in [7, 11) is 0. The molecule has 3 rings (SSSR count). The van der Waals surface area contributed by atoms with Crippen LogP contribution in [0.1, 0.15) is 18.0 Å². The fraction of sp³-hybridized carbons (Fsp3) is 0.231. The predicted octanol–water partition coefficient (Wildman–Crippen LogP) is 2.47. The summed E-state index contributed by atoms with van der Waals surface area (Å²) < 4.78 is 39.8. The molecule has 126 valence electrons. The van der Waals surface area contributed by atoms with Gasteiger partial charge in [-0.2, -0.15) is 23.3 Å². The second kappa shape index (κ2) is 5.78. The molecule has 24 heavy (non-hydrogen) atoms. The zero-order chi connectivity index (χ0) is 17.5. The number of amides is 2. The van der Waals surface area contributed by atoms with Crippen LogP contribution in [0.4, 0.5) is 24.8 Å². The van der Waals surface area contributed by atoms with Crippen LogP contribution in [0.25, 0.3) is 0 Å². The number of nitrogens with one attached hydrogen (secondary N) is 2. The van der Waals surface area contributed by atoms with E-state index in [9.17, 15) is 22.8 Å². The van der Waals surface area contributed by atoms with Gasteiger partial charge in [-0.3, -0.25) is 14.9 Å². The number of rotatable bonds is 2. The van der Waals surface area contributed by atoms with E-state index in [-0.39, 0.29) is 18.1 Å². The van der Waals surface area contributed by atoms with E-state index in [1.165, 1.54) is 10.7 Å². The number of benzene rings is 1. The average molecular weight is 360 g/mol. The highest BCUT2D eigenvalue weighted by atomic mass is 35.5. The molecule has 1 aromatic heterocycles. The Morgan fingerprint density at radius 3 is 2.88 bits per heavy atom. The number of halogens is 4. The van der Waals surface area contributed by atoms with Gasteiger partial charge in [-0.25, -0.2) is 4.68 Å². The molecule has 1 atom stereocenters. The van der Waals surface area contributed by atoms with Gasteiger partial charge in [-0.1, -0.05) is 11.6 Å². The number of carbonyl (C=O) groups is 2. The minimum Gasteiger partial charge on any atom is -0.324 e. The third-order valence-electron chi connectivity index (χ3n) is 3.34. The number of anilines is 2. The van der Waals surface area contributed by atoms with Crippen LogP contribution in [0.15, 0.2) is 24.5 Å². The van der Waals surface area contributed by atoms with E-state index in [4.69, 9.17) is 11.6 Å². The Morgan fingerprint density at radius 1 is 1.42 bits per heavy atom. The van der Waals surface area contributed by atoms with Crippen molar-refractivity contribution >= 4 is 35.1 Å². The Kier molecular flexibility index (Phi) is 3.91. The van der Waals surface area contributed by atoms with Crippen LogP contribution in [-0.2, 0) is 15.8 Å². The molecule has 0 saturated heterocycles. The Balaban J connectivity index is 1.85. The van der Waals surface area contributed by atoms with E-state index >= 15 is 0 Å². The van der Waals surface area contributed by atoms with Crippen LogP contribution in [0, 0.1) is 0 Å². The minimum atomic E-state index is -4.65. The molecule has 0 aliphatic carbocycles. The first-order valence-corrected chi connectivity index (χ1v) is 7.00. The van der Waals surface area contributed by atoms with Gasteiger partial charge in [0.1, 0.15) is 12.4 Å². The Bertz CT molecular complexity index is 820. The molecule has 2 aromatic rings. The molecule has 0 unspecified atom stereocenters. The summed E-state index contributed by atoms with van der Waals surface area (Å²) in [5.74, 6) is -1.03. The van der Waals surface area contributed by atoms with Crippen LogP contribution >= 0.6 is 11.6 Å². The zero-order valence-electron chi connectivity index (χ0n) is 11.8. The van der Waals surface area contributed by atoms with Crippen molar-refractivity contribution in [3.8, 4) is 0 Å². The quantitative estimate of drug-likeness (QED) is 0.862. The van der Waals surface area contributed by atoms with Gasteiger partial charge in [-0.05, 0) is 18.2 Å². The lowest BCUT2D eigenvalue weighted by atomic mass is 10.1. The molecule has 1 aromatic carbocycles. The van der Waals surface area contributed by atoms with Crippen molar-refractivity contribution in [2.45, 2.75) is 18.6 Å². The largest absolute Gasteiger partial charge is 0.417 e. The molecule has 2 amide bonds. The molecule has 0 spiro atoms. The van der Waals surface area contributed by atoms with Crippen molar-refractivity contribution < 1.29 is 22.8 Å². The maximum absolute atomic E-state index is 12.9. The molecule has 11 heteroatoms. The number of fused-ring (bicyclic) bond motifs is 1. The van der Waals surface area contributed by atoms with Crippen molar-refractivity contribution in [2.24, 2.45) is 0 Å². The third-order valence-corrected chi connectivity index (χ3v) is 3.67. The topological polar surface area (TPSA) is 88.9 Å². The van der Waals surface area contributed by atoms with Crippen LogP contribution in [0.2, 0.25) is 5.02 Å². The lowest BCUT2D eigenvalue weighted by Gasteiger charge is -2.22. The summed E-state index contributed by atoms with van der Waals surface area (Å²) >= 11 is 5.53. The summed E-state index contributed by atoms with van der Waals surface area (Å²) in [5.41, 5.74) is -1.16. The smallest absolute Gasteiger partial charge is 0.324 e. The van der Waals surface area contributed by atoms with Gasteiger partial charge in [0.05, 0.1) is 17.0 Å². The minimum absolute atomic E-state index is 0.0932. The first-order chi connectivity index (χ1) is 11.3. The molecule has 0 fully saturated rings. The van der Waals surface area contributed by atoms with Crippen LogP contribution in [0.5, 0.6) is 0 Å². The van der Waals surface area contributed by atoms with E-state index in [0.29, 0.717) is 0 Å². The molecule has 1 aliphatic heterocycles. The molecule has 0 bridgehead atoms. The molecule has 0 radical (unpaired) electrons. The van der Waals surface area contributed by atoms with Gasteiger partial charge in [0.2, 0.25) is 17.8 Å². The fourth-order valence-electron chi connectivity index (χ4n) is 2.26. The highest BCUT2D eigenvalue weighted by Crippen LogP contribution is 2.36. The van der Waals surface area contributed by atoms with E-state index in [1.807, 2.05) is 0 Å². The first kappa shape index (κ1) is 16.2. The van der Waals surface area contributed by atoms with E-state index in [1.54, 1.807) is 0 Å². The molecule has 2 N–H and O–H groups in total. The molecule has 2 heterocycles. The van der Waals surface area contributed by atoms with Crippen molar-refractivity contribution in [3.05, 3.63) is 35.1 Å². The second-order valence-corrected chi connectivity index (χ2v) is 5.39. The Hall–Kier alpha value is -2.62. The summed E-state index contributed by atoms with van der Waals surface area (Å²) in [6, 6.07) is 1.99. The van der Waals surface area contributed by atoms with E-state index < -0.39 is 34.6 Å². The van der Waals surface area contributed by atoms with Gasteiger partial charge in [0, 0.05) is 5.69 Å². The monoisotopic (exact) mass is 359 g/mol. The van der Waals surface area contributed by atoms with Gasteiger partial charge in [-0.15, -0.1) is 0 Å². The van der Waals surface area contributed by atoms with Gasteiger partial charge in [0.15, 0.2) is 0 Å². The number of carbonyl (C=O) groups excluding carboxylic acids is 2. The van der Waals surface area contributed by atoms with Gasteiger partial charge >= 0.3 is 6.18 Å². The zero-order valence-corrected chi connectivity index (χ0v) is 12.5. The average Bonchev–Trinajstić information content (AvgIpc) is 2.95. The standard InChI is InChI=1S/C13H9ClF3N5O2/c14-8-2-1-6(3-7(8)13(15,16)17)20-11(24)9-4-10(23)21-12-18-5-19-22(9)12/h1-3,5,9H,4H2,(H,20,24)(H,18,19,21,23)/t9-/m1/s1. The number of aromatic nitrogens is 3. The fourth-order valence-corrected chi connectivity index (χ4v) is 2.48. The molecule has 1 aliphatic rings. The number of alkyl halides is 3. The maximum Gasteiger partial charge on any atom is 0.417 e. The Morgan fingerprint density at radius 2 is 2.17 bits per heavy atom. The van der Waals surface area contributed by atoms with Crippen LogP contribution < -0.4 is 10.6 Å². The SMILES string of the molecule is O=C1C[C@H](C(=O)Nc2ccc(Cl)c(C(F)(F)F)c2)n2ncnc2N1. The lowest BCUT2D eigenvalue weighted by molar-refractivity contribution is -0.137. The normalized spacial score (nSPS) is 17.2. The van der Waals surface area contributed by atoms with E-state index in [2.05, 4.69) is 20.7 Å². The van der Waals surface area contributed by atoms with Crippen molar-refractivity contribution in [3.63, 3.8) is 0 Å². The predicted molar refractivity (Wildman–Crippen MR) is 77.4 cm³/mol. The highest BCUT2D eigenvalue weighted by Gasteiger charge is 2.35. The number of hydrogen-bond acceptors (Lipinski definition) is 4. The first-order valence-electron chi connectivity index (χ1n) is 6.62. The number of hydrogen-bond donors (Lipinski definition) is 2. The molecule has 7 nitrogen and oxygen atoms in total. The molecular weight excluding hydrogens is 351 g/mol. The van der Waals surface area contributed by atoms with Crippen LogP contribution in [-0.4, -0.2) is 26.6 Å². The van der Waals surface area contributed by atoms with E-state index in [0.717, 1.165) is 18.5 Å².